The molecule has 4 heteroatoms. The van der Waals surface area contributed by atoms with E-state index in [0.29, 0.717) is 18.7 Å². The number of carbonyl (C=O) groups excluding carboxylic acids is 1. The van der Waals surface area contributed by atoms with Crippen molar-refractivity contribution in [2.24, 2.45) is 0 Å². The zero-order valence-electron chi connectivity index (χ0n) is 11.6. The summed E-state index contributed by atoms with van der Waals surface area (Å²) in [5.41, 5.74) is 0.632. The molecule has 0 bridgehead atoms. The molecule has 0 heterocycles. The molecule has 1 rings (SSSR count). The lowest BCUT2D eigenvalue weighted by Crippen LogP contribution is -2.24. The Labute approximate surface area is 120 Å². The average molecular weight is 284 g/mol. The van der Waals surface area contributed by atoms with E-state index < -0.39 is 0 Å². The minimum atomic E-state index is -0.0656. The van der Waals surface area contributed by atoms with Crippen LogP contribution in [0.15, 0.2) is 24.3 Å². The number of alkyl halides is 1. The predicted molar refractivity (Wildman–Crippen MR) is 79.1 cm³/mol. The molecule has 0 saturated carbocycles. The van der Waals surface area contributed by atoms with E-state index >= 15 is 0 Å². The maximum Gasteiger partial charge on any atom is 0.251 e. The summed E-state index contributed by atoms with van der Waals surface area (Å²) in [5, 5.41) is 3.04. The van der Waals surface area contributed by atoms with Crippen LogP contribution in [-0.4, -0.2) is 24.4 Å². The molecule has 1 amide bonds. The number of halogens is 1. The van der Waals surface area contributed by atoms with Gasteiger partial charge in [-0.3, -0.25) is 4.79 Å². The molecule has 0 aromatic heterocycles. The Kier molecular flexibility index (Phi) is 7.34. The van der Waals surface area contributed by atoms with Crippen LogP contribution in [0.25, 0.3) is 0 Å². The minimum absolute atomic E-state index is 0.0656. The molecule has 1 aromatic rings. The minimum Gasteiger partial charge on any atom is -0.494 e. The van der Waals surface area contributed by atoms with Gasteiger partial charge in [-0.15, -0.1) is 11.6 Å². The molecular weight excluding hydrogens is 262 g/mol. The Morgan fingerprint density at radius 1 is 1.47 bits per heavy atom. The third kappa shape index (κ3) is 6.48. The first-order valence-electron chi connectivity index (χ1n) is 6.78. The van der Waals surface area contributed by atoms with E-state index in [2.05, 4.69) is 12.2 Å². The Morgan fingerprint density at radius 3 is 2.95 bits per heavy atom. The summed E-state index contributed by atoms with van der Waals surface area (Å²) in [6.07, 6.45) is 2.75. The van der Waals surface area contributed by atoms with Gasteiger partial charge in [-0.05, 0) is 44.4 Å². The molecule has 106 valence electrons. The van der Waals surface area contributed by atoms with E-state index in [-0.39, 0.29) is 11.3 Å². The summed E-state index contributed by atoms with van der Waals surface area (Å²) in [4.78, 5) is 11.9. The van der Waals surface area contributed by atoms with Crippen LogP contribution in [-0.2, 0) is 0 Å². The summed E-state index contributed by atoms with van der Waals surface area (Å²) < 4.78 is 5.51. The van der Waals surface area contributed by atoms with Gasteiger partial charge in [0.15, 0.2) is 0 Å². The lowest BCUT2D eigenvalue weighted by molar-refractivity contribution is 0.0952. The van der Waals surface area contributed by atoms with Crippen molar-refractivity contribution in [3.63, 3.8) is 0 Å². The number of carbonyl (C=O) groups is 1. The van der Waals surface area contributed by atoms with Gasteiger partial charge in [-0.25, -0.2) is 0 Å². The first kappa shape index (κ1) is 15.8. The molecule has 3 nitrogen and oxygen atoms in total. The summed E-state index contributed by atoms with van der Waals surface area (Å²) >= 11 is 5.85. The van der Waals surface area contributed by atoms with Gasteiger partial charge in [0.2, 0.25) is 0 Å². The smallest absolute Gasteiger partial charge is 0.251 e. The average Bonchev–Trinajstić information content (AvgIpc) is 2.41. The fourth-order valence-electron chi connectivity index (χ4n) is 1.63. The molecule has 0 saturated heterocycles. The van der Waals surface area contributed by atoms with Crippen LogP contribution in [0.2, 0.25) is 0 Å². The molecule has 0 fully saturated rings. The highest BCUT2D eigenvalue weighted by molar-refractivity contribution is 6.20. The van der Waals surface area contributed by atoms with Crippen LogP contribution >= 0.6 is 11.6 Å². The van der Waals surface area contributed by atoms with Gasteiger partial charge in [0.25, 0.3) is 5.91 Å². The van der Waals surface area contributed by atoms with Gasteiger partial charge in [-0.1, -0.05) is 13.0 Å². The molecule has 0 spiro atoms. The van der Waals surface area contributed by atoms with Crippen molar-refractivity contribution >= 4 is 17.5 Å². The third-order valence-corrected chi connectivity index (χ3v) is 2.85. The number of rotatable bonds is 8. The van der Waals surface area contributed by atoms with E-state index in [1.165, 1.54) is 0 Å². The molecule has 1 N–H and O–H groups in total. The largest absolute Gasteiger partial charge is 0.494 e. The van der Waals surface area contributed by atoms with Crippen molar-refractivity contribution in [3.8, 4) is 5.75 Å². The summed E-state index contributed by atoms with van der Waals surface area (Å²) in [6, 6.07) is 7.26. The Hall–Kier alpha value is -1.22. The van der Waals surface area contributed by atoms with Crippen LogP contribution in [0.3, 0.4) is 0 Å². The third-order valence-electron chi connectivity index (χ3n) is 2.63. The maximum atomic E-state index is 11.9. The lowest BCUT2D eigenvalue weighted by atomic mass is 10.2. The number of benzene rings is 1. The SMILES string of the molecule is CCCOc1cccc(C(=O)NCCCC(C)Cl)c1. The second-order valence-electron chi connectivity index (χ2n) is 4.56. The number of ether oxygens (including phenoxy) is 1. The molecule has 1 atom stereocenters. The van der Waals surface area contributed by atoms with E-state index in [4.69, 9.17) is 16.3 Å². The van der Waals surface area contributed by atoms with Crippen LogP contribution < -0.4 is 10.1 Å². The standard InChI is InChI=1S/C15H22ClNO2/c1-3-10-19-14-8-4-7-13(11-14)15(18)17-9-5-6-12(2)16/h4,7-8,11-12H,3,5-6,9-10H2,1-2H3,(H,17,18). The second kappa shape index (κ2) is 8.81. The first-order valence-corrected chi connectivity index (χ1v) is 7.22. The number of hydrogen-bond donors (Lipinski definition) is 1. The van der Waals surface area contributed by atoms with Crippen molar-refractivity contribution in [1.29, 1.82) is 0 Å². The van der Waals surface area contributed by atoms with Crippen molar-refractivity contribution in [3.05, 3.63) is 29.8 Å². The molecule has 0 radical (unpaired) electrons. The quantitative estimate of drug-likeness (QED) is 0.585. The summed E-state index contributed by atoms with van der Waals surface area (Å²) in [7, 11) is 0. The Bertz CT molecular complexity index is 393. The van der Waals surface area contributed by atoms with Gasteiger partial charge in [0, 0.05) is 17.5 Å². The lowest BCUT2D eigenvalue weighted by Gasteiger charge is -2.08. The summed E-state index contributed by atoms with van der Waals surface area (Å²) in [6.45, 7) is 5.32. The highest BCUT2D eigenvalue weighted by atomic mass is 35.5. The number of amides is 1. The zero-order valence-corrected chi connectivity index (χ0v) is 12.4. The van der Waals surface area contributed by atoms with Crippen molar-refractivity contribution in [2.45, 2.75) is 38.5 Å². The highest BCUT2D eigenvalue weighted by Gasteiger charge is 2.06. The maximum absolute atomic E-state index is 11.9. The van der Waals surface area contributed by atoms with Crippen LogP contribution in [0.1, 0.15) is 43.5 Å². The van der Waals surface area contributed by atoms with Gasteiger partial charge in [-0.2, -0.15) is 0 Å². The summed E-state index contributed by atoms with van der Waals surface area (Å²) in [5.74, 6) is 0.674. The molecule has 0 aliphatic rings. The highest BCUT2D eigenvalue weighted by Crippen LogP contribution is 2.13. The van der Waals surface area contributed by atoms with E-state index in [9.17, 15) is 4.79 Å². The van der Waals surface area contributed by atoms with Gasteiger partial charge >= 0.3 is 0 Å². The van der Waals surface area contributed by atoms with Crippen LogP contribution in [0.4, 0.5) is 0 Å². The van der Waals surface area contributed by atoms with Crippen molar-refractivity contribution in [2.75, 3.05) is 13.2 Å². The van der Waals surface area contributed by atoms with E-state index in [1.807, 2.05) is 19.1 Å². The van der Waals surface area contributed by atoms with Crippen LogP contribution in [0, 0.1) is 0 Å². The molecule has 0 aliphatic carbocycles. The predicted octanol–water partition coefficient (Wildman–Crippen LogP) is 3.61. The van der Waals surface area contributed by atoms with Crippen LogP contribution in [0.5, 0.6) is 5.75 Å². The number of nitrogens with one attached hydrogen (secondary N) is 1. The fourth-order valence-corrected chi connectivity index (χ4v) is 1.79. The van der Waals surface area contributed by atoms with Gasteiger partial charge in [0.1, 0.15) is 5.75 Å². The molecule has 1 unspecified atom stereocenters. The monoisotopic (exact) mass is 283 g/mol. The van der Waals surface area contributed by atoms with E-state index in [0.717, 1.165) is 25.0 Å². The van der Waals surface area contributed by atoms with Gasteiger partial charge in [0.05, 0.1) is 6.61 Å². The molecule has 0 aliphatic heterocycles. The Balaban J connectivity index is 2.43. The van der Waals surface area contributed by atoms with Gasteiger partial charge < -0.3 is 10.1 Å². The first-order chi connectivity index (χ1) is 9.13. The van der Waals surface area contributed by atoms with Crippen molar-refractivity contribution < 1.29 is 9.53 Å². The number of hydrogen-bond acceptors (Lipinski definition) is 2. The van der Waals surface area contributed by atoms with Crippen molar-refractivity contribution in [1.82, 2.24) is 5.32 Å². The zero-order chi connectivity index (χ0) is 14.1. The second-order valence-corrected chi connectivity index (χ2v) is 5.30. The molecule has 1 aromatic carbocycles. The normalized spacial score (nSPS) is 11.9. The Morgan fingerprint density at radius 2 is 2.26 bits per heavy atom. The van der Waals surface area contributed by atoms with E-state index in [1.54, 1.807) is 12.1 Å². The molecular formula is C15H22ClNO2. The fraction of sp³-hybridized carbons (Fsp3) is 0.533. The topological polar surface area (TPSA) is 38.3 Å². The molecule has 19 heavy (non-hydrogen) atoms.